The van der Waals surface area contributed by atoms with Crippen molar-refractivity contribution >= 4 is 16.8 Å². The van der Waals surface area contributed by atoms with Crippen LogP contribution in [0.15, 0.2) is 48.8 Å². The number of fused-ring (bicyclic) bond motifs is 2. The molecule has 5 rings (SSSR count). The molecule has 1 amide bonds. The topological polar surface area (TPSA) is 76.7 Å². The average molecular weight is 421 g/mol. The van der Waals surface area contributed by atoms with Crippen molar-refractivity contribution in [1.82, 2.24) is 14.9 Å². The standard InChI is InChI=1S/C24H27N3O4/c1-16-6-8-18(11-25-16)31-19-14-29-22-12-27(13-23(22)30-15-19)24(28)9-7-17-10-26-21-5-3-2-4-20(17)21/h2-6,8,10-11,19,22-23,26H,7,9,12-15H2,1H3/t22-,23-/m0/s1. The van der Waals surface area contributed by atoms with Crippen molar-refractivity contribution in [3.8, 4) is 5.75 Å². The number of carbonyl (C=O) groups is 1. The molecule has 2 aliphatic rings. The molecular weight excluding hydrogens is 394 g/mol. The Kier molecular flexibility index (Phi) is 5.61. The van der Waals surface area contributed by atoms with Gasteiger partial charge in [-0.15, -0.1) is 0 Å². The number of nitrogens with one attached hydrogen (secondary N) is 1. The number of amides is 1. The summed E-state index contributed by atoms with van der Waals surface area (Å²) in [4.78, 5) is 22.2. The fraction of sp³-hybridized carbons (Fsp3) is 0.417. The SMILES string of the molecule is Cc1ccc(OC2CO[C@H]3CN(C(=O)CCc4c[nH]c5ccccc45)C[C@@H]3OC2)cn1. The van der Waals surface area contributed by atoms with Crippen molar-refractivity contribution in [2.24, 2.45) is 0 Å². The molecule has 0 aliphatic carbocycles. The summed E-state index contributed by atoms with van der Waals surface area (Å²) in [7, 11) is 0. The lowest BCUT2D eigenvalue weighted by Gasteiger charge is -2.19. The van der Waals surface area contributed by atoms with Crippen molar-refractivity contribution in [3.63, 3.8) is 0 Å². The van der Waals surface area contributed by atoms with E-state index in [0.717, 1.165) is 17.6 Å². The van der Waals surface area contributed by atoms with Gasteiger partial charge in [0, 0.05) is 42.3 Å². The predicted molar refractivity (Wildman–Crippen MR) is 116 cm³/mol. The molecule has 31 heavy (non-hydrogen) atoms. The van der Waals surface area contributed by atoms with E-state index in [1.54, 1.807) is 6.20 Å². The second kappa shape index (κ2) is 8.69. The molecule has 0 radical (unpaired) electrons. The number of aryl methyl sites for hydroxylation is 2. The number of benzene rings is 1. The molecule has 162 valence electrons. The molecule has 0 spiro atoms. The van der Waals surface area contributed by atoms with Crippen LogP contribution in [0.3, 0.4) is 0 Å². The maximum atomic E-state index is 12.8. The van der Waals surface area contributed by atoms with Crippen LogP contribution in [0.4, 0.5) is 0 Å². The van der Waals surface area contributed by atoms with Crippen LogP contribution in [0.2, 0.25) is 0 Å². The van der Waals surface area contributed by atoms with Gasteiger partial charge >= 0.3 is 0 Å². The molecule has 2 aliphatic heterocycles. The zero-order valence-electron chi connectivity index (χ0n) is 17.6. The summed E-state index contributed by atoms with van der Waals surface area (Å²) >= 11 is 0. The third-order valence-electron chi connectivity index (χ3n) is 6.03. The molecule has 2 saturated heterocycles. The number of likely N-dealkylation sites (tertiary alicyclic amines) is 1. The molecule has 0 saturated carbocycles. The Labute approximate surface area is 181 Å². The van der Waals surface area contributed by atoms with Crippen LogP contribution >= 0.6 is 0 Å². The first-order valence-electron chi connectivity index (χ1n) is 10.8. The molecule has 2 atom stereocenters. The van der Waals surface area contributed by atoms with Crippen LogP contribution < -0.4 is 4.74 Å². The Morgan fingerprint density at radius 2 is 1.94 bits per heavy atom. The van der Waals surface area contributed by atoms with Gasteiger partial charge in [0.2, 0.25) is 5.91 Å². The number of pyridine rings is 1. The van der Waals surface area contributed by atoms with Gasteiger partial charge in [-0.25, -0.2) is 0 Å². The van der Waals surface area contributed by atoms with Gasteiger partial charge < -0.3 is 24.1 Å². The second-order valence-electron chi connectivity index (χ2n) is 8.28. The summed E-state index contributed by atoms with van der Waals surface area (Å²) in [5, 5.41) is 1.18. The number of hydrogen-bond donors (Lipinski definition) is 1. The number of H-pyrrole nitrogens is 1. The number of nitrogens with zero attached hydrogens (tertiary/aromatic N) is 2. The Balaban J connectivity index is 1.13. The first-order chi connectivity index (χ1) is 15.2. The summed E-state index contributed by atoms with van der Waals surface area (Å²) in [5.41, 5.74) is 3.23. The van der Waals surface area contributed by atoms with E-state index in [4.69, 9.17) is 14.2 Å². The summed E-state index contributed by atoms with van der Waals surface area (Å²) in [6.45, 7) is 3.95. The average Bonchev–Trinajstić information content (AvgIpc) is 3.35. The first kappa shape index (κ1) is 20.0. The lowest BCUT2D eigenvalue weighted by molar-refractivity contribution is -0.131. The van der Waals surface area contributed by atoms with Crippen molar-refractivity contribution < 1.29 is 19.0 Å². The number of carbonyl (C=O) groups excluding carboxylic acids is 1. The summed E-state index contributed by atoms with van der Waals surface area (Å²) in [5.74, 6) is 0.855. The summed E-state index contributed by atoms with van der Waals surface area (Å²) < 4.78 is 18.1. The van der Waals surface area contributed by atoms with E-state index >= 15 is 0 Å². The monoisotopic (exact) mass is 421 g/mol. The minimum atomic E-state index is -0.180. The van der Waals surface area contributed by atoms with Crippen LogP contribution in [-0.2, 0) is 20.7 Å². The maximum absolute atomic E-state index is 12.8. The molecule has 7 heteroatoms. The molecule has 2 fully saturated rings. The van der Waals surface area contributed by atoms with Crippen LogP contribution in [0.5, 0.6) is 5.75 Å². The van der Waals surface area contributed by atoms with Crippen molar-refractivity contribution in [2.75, 3.05) is 26.3 Å². The Hall–Kier alpha value is -2.90. The van der Waals surface area contributed by atoms with E-state index in [9.17, 15) is 4.79 Å². The maximum Gasteiger partial charge on any atom is 0.223 e. The first-order valence-corrected chi connectivity index (χ1v) is 10.8. The normalized spacial score (nSPS) is 21.8. The molecule has 7 nitrogen and oxygen atoms in total. The lowest BCUT2D eigenvalue weighted by atomic mass is 10.1. The number of aromatic nitrogens is 2. The summed E-state index contributed by atoms with van der Waals surface area (Å²) in [6.07, 6.45) is 4.52. The molecule has 2 aromatic heterocycles. The van der Waals surface area contributed by atoms with Gasteiger partial charge in [-0.3, -0.25) is 9.78 Å². The van der Waals surface area contributed by atoms with Crippen molar-refractivity contribution in [3.05, 3.63) is 60.0 Å². The zero-order valence-corrected chi connectivity index (χ0v) is 17.6. The highest BCUT2D eigenvalue weighted by Crippen LogP contribution is 2.24. The van der Waals surface area contributed by atoms with E-state index in [2.05, 4.69) is 22.1 Å². The van der Waals surface area contributed by atoms with Crippen LogP contribution in [0.25, 0.3) is 10.9 Å². The molecule has 0 unspecified atom stereocenters. The van der Waals surface area contributed by atoms with E-state index < -0.39 is 0 Å². The van der Waals surface area contributed by atoms with E-state index in [-0.39, 0.29) is 24.2 Å². The van der Waals surface area contributed by atoms with Gasteiger partial charge in [0.05, 0.1) is 19.4 Å². The number of ether oxygens (including phenoxy) is 3. The Bertz CT molecular complexity index is 1030. The number of aromatic amines is 1. The van der Waals surface area contributed by atoms with Crippen molar-refractivity contribution in [2.45, 2.75) is 38.1 Å². The molecule has 1 N–H and O–H groups in total. The minimum absolute atomic E-state index is 0.109. The van der Waals surface area contributed by atoms with Gasteiger partial charge in [-0.2, -0.15) is 0 Å². The quantitative estimate of drug-likeness (QED) is 0.686. The molecule has 1 aromatic carbocycles. The minimum Gasteiger partial charge on any atom is -0.484 e. The highest BCUT2D eigenvalue weighted by molar-refractivity contribution is 5.84. The highest BCUT2D eigenvalue weighted by atomic mass is 16.6. The second-order valence-corrected chi connectivity index (χ2v) is 8.28. The van der Waals surface area contributed by atoms with Gasteiger partial charge in [-0.05, 0) is 37.1 Å². The number of hydrogen-bond acceptors (Lipinski definition) is 5. The number of para-hydroxylation sites is 1. The van der Waals surface area contributed by atoms with Gasteiger partial charge in [-0.1, -0.05) is 18.2 Å². The van der Waals surface area contributed by atoms with Gasteiger partial charge in [0.25, 0.3) is 0 Å². The van der Waals surface area contributed by atoms with E-state index in [1.165, 1.54) is 10.9 Å². The van der Waals surface area contributed by atoms with E-state index in [1.807, 2.05) is 42.3 Å². The highest BCUT2D eigenvalue weighted by Gasteiger charge is 2.39. The van der Waals surface area contributed by atoms with Gasteiger partial charge in [0.15, 0.2) is 0 Å². The van der Waals surface area contributed by atoms with Crippen LogP contribution in [0.1, 0.15) is 17.7 Å². The smallest absolute Gasteiger partial charge is 0.223 e. The zero-order chi connectivity index (χ0) is 21.2. The third-order valence-corrected chi connectivity index (χ3v) is 6.03. The summed E-state index contributed by atoms with van der Waals surface area (Å²) in [6, 6.07) is 12.0. The lowest BCUT2D eigenvalue weighted by Crippen LogP contribution is -2.33. The number of rotatable bonds is 5. The van der Waals surface area contributed by atoms with E-state index in [0.29, 0.717) is 38.5 Å². The molecule has 3 aromatic rings. The fourth-order valence-corrected chi connectivity index (χ4v) is 4.30. The predicted octanol–water partition coefficient (Wildman–Crippen LogP) is 2.88. The van der Waals surface area contributed by atoms with Gasteiger partial charge in [0.1, 0.15) is 24.1 Å². The largest absolute Gasteiger partial charge is 0.484 e. The van der Waals surface area contributed by atoms with Crippen LogP contribution in [0, 0.1) is 6.92 Å². The Morgan fingerprint density at radius 3 is 2.68 bits per heavy atom. The van der Waals surface area contributed by atoms with Crippen LogP contribution in [-0.4, -0.2) is 65.4 Å². The molecular formula is C24H27N3O4. The molecule has 0 bridgehead atoms. The molecule has 4 heterocycles. The third kappa shape index (κ3) is 4.43. The fourth-order valence-electron chi connectivity index (χ4n) is 4.30. The van der Waals surface area contributed by atoms with Crippen molar-refractivity contribution in [1.29, 1.82) is 0 Å². The Morgan fingerprint density at radius 1 is 1.16 bits per heavy atom.